The van der Waals surface area contributed by atoms with Gasteiger partial charge in [0.1, 0.15) is 0 Å². The van der Waals surface area contributed by atoms with Crippen molar-refractivity contribution < 1.29 is 0 Å². The molecule has 0 saturated carbocycles. The zero-order chi connectivity index (χ0) is 8.27. The second-order valence-corrected chi connectivity index (χ2v) is 3.05. The molecule has 0 atom stereocenters. The van der Waals surface area contributed by atoms with Crippen molar-refractivity contribution in [3.8, 4) is 0 Å². The van der Waals surface area contributed by atoms with Gasteiger partial charge in [-0.25, -0.2) is 0 Å². The first-order valence-electron chi connectivity index (χ1n) is 3.74. The van der Waals surface area contributed by atoms with Crippen LogP contribution in [0.1, 0.15) is 11.1 Å². The molecule has 1 heteroatoms. The first kappa shape index (κ1) is 8.28. The largest absolute Gasteiger partial charge is 0.305 e. The van der Waals surface area contributed by atoms with Gasteiger partial charge in [0.05, 0.1) is 0 Å². The van der Waals surface area contributed by atoms with Gasteiger partial charge in [-0.05, 0) is 32.1 Å². The van der Waals surface area contributed by atoms with Crippen LogP contribution in [0.2, 0.25) is 0 Å². The second kappa shape index (κ2) is 3.54. The lowest BCUT2D eigenvalue weighted by Crippen LogP contribution is -2.10. The van der Waals surface area contributed by atoms with Crippen LogP contribution < -0.4 is 0 Å². The van der Waals surface area contributed by atoms with E-state index in [4.69, 9.17) is 0 Å². The molecule has 1 nitrogen and oxygen atoms in total. The molecule has 1 radical (unpaired) electrons. The van der Waals surface area contributed by atoms with Crippen molar-refractivity contribution in [1.29, 1.82) is 0 Å². The molecule has 1 aromatic rings. The van der Waals surface area contributed by atoms with Gasteiger partial charge in [0, 0.05) is 6.54 Å². The van der Waals surface area contributed by atoms with E-state index >= 15 is 0 Å². The molecular formula is C10H14N. The Hall–Kier alpha value is -0.820. The lowest BCUT2D eigenvalue weighted by molar-refractivity contribution is 0.402. The smallest absolute Gasteiger partial charge is 0.0227 e. The fraction of sp³-hybridized carbons (Fsp3) is 0.300. The number of benzene rings is 1. The van der Waals surface area contributed by atoms with Crippen LogP contribution >= 0.6 is 0 Å². The number of nitrogens with zero attached hydrogens (tertiary/aromatic N) is 1. The molecule has 0 heterocycles. The molecule has 0 aliphatic heterocycles. The van der Waals surface area contributed by atoms with Gasteiger partial charge in [0.25, 0.3) is 0 Å². The second-order valence-electron chi connectivity index (χ2n) is 3.05. The van der Waals surface area contributed by atoms with Crippen LogP contribution in [0.5, 0.6) is 0 Å². The standard InChI is InChI=1S/C10H14N/c1-9-4-6-10(7-5-9)8-11(2)3/h4-7H,1,8H2,2-3H3. The monoisotopic (exact) mass is 148 g/mol. The van der Waals surface area contributed by atoms with Crippen LogP contribution in [0.25, 0.3) is 0 Å². The molecule has 0 aromatic heterocycles. The van der Waals surface area contributed by atoms with Crippen molar-refractivity contribution in [2.45, 2.75) is 6.54 Å². The molecule has 0 saturated heterocycles. The van der Waals surface area contributed by atoms with Crippen LogP contribution in [0.15, 0.2) is 24.3 Å². The van der Waals surface area contributed by atoms with Crippen LogP contribution in [0.3, 0.4) is 0 Å². The van der Waals surface area contributed by atoms with E-state index in [1.807, 2.05) is 12.1 Å². The maximum absolute atomic E-state index is 3.83. The highest BCUT2D eigenvalue weighted by atomic mass is 15.0. The predicted molar refractivity (Wildman–Crippen MR) is 48.3 cm³/mol. The fourth-order valence-electron chi connectivity index (χ4n) is 1.01. The first-order valence-corrected chi connectivity index (χ1v) is 3.74. The Balaban J connectivity index is 2.66. The zero-order valence-electron chi connectivity index (χ0n) is 7.17. The summed E-state index contributed by atoms with van der Waals surface area (Å²) in [5, 5.41) is 0. The molecule has 0 unspecified atom stereocenters. The minimum atomic E-state index is 1.00. The van der Waals surface area contributed by atoms with Gasteiger partial charge in [-0.2, -0.15) is 0 Å². The maximum atomic E-state index is 3.83. The van der Waals surface area contributed by atoms with Gasteiger partial charge in [-0.15, -0.1) is 0 Å². The third kappa shape index (κ3) is 2.72. The van der Waals surface area contributed by atoms with Crippen LogP contribution in [-0.2, 0) is 6.54 Å². The summed E-state index contributed by atoms with van der Waals surface area (Å²) in [6.07, 6.45) is 0. The lowest BCUT2D eigenvalue weighted by Gasteiger charge is -2.08. The van der Waals surface area contributed by atoms with Gasteiger partial charge < -0.3 is 4.90 Å². The van der Waals surface area contributed by atoms with E-state index in [9.17, 15) is 0 Å². The van der Waals surface area contributed by atoms with Crippen LogP contribution in [-0.4, -0.2) is 19.0 Å². The van der Waals surface area contributed by atoms with Crippen molar-refractivity contribution in [3.05, 3.63) is 42.3 Å². The Morgan fingerprint density at radius 1 is 1.18 bits per heavy atom. The fourth-order valence-corrected chi connectivity index (χ4v) is 1.01. The van der Waals surface area contributed by atoms with E-state index in [-0.39, 0.29) is 0 Å². The minimum Gasteiger partial charge on any atom is -0.305 e. The summed E-state index contributed by atoms with van der Waals surface area (Å²) in [7, 11) is 4.14. The summed E-state index contributed by atoms with van der Waals surface area (Å²) in [6.45, 7) is 4.83. The first-order chi connectivity index (χ1) is 5.18. The molecule has 0 fully saturated rings. The number of rotatable bonds is 2. The number of hydrogen-bond donors (Lipinski definition) is 0. The summed E-state index contributed by atoms with van der Waals surface area (Å²) in [4.78, 5) is 2.15. The molecule has 1 rings (SSSR count). The molecule has 0 N–H and O–H groups in total. The van der Waals surface area contributed by atoms with Crippen molar-refractivity contribution in [3.63, 3.8) is 0 Å². The quantitative estimate of drug-likeness (QED) is 0.619. The van der Waals surface area contributed by atoms with Gasteiger partial charge >= 0.3 is 0 Å². The normalized spacial score (nSPS) is 10.5. The summed E-state index contributed by atoms with van der Waals surface area (Å²) in [5.41, 5.74) is 2.41. The molecular weight excluding hydrogens is 134 g/mol. The minimum absolute atomic E-state index is 1.00. The maximum Gasteiger partial charge on any atom is 0.0227 e. The molecule has 0 bridgehead atoms. The van der Waals surface area contributed by atoms with Crippen molar-refractivity contribution in [2.24, 2.45) is 0 Å². The summed E-state index contributed by atoms with van der Waals surface area (Å²) < 4.78 is 0. The van der Waals surface area contributed by atoms with Gasteiger partial charge in [-0.1, -0.05) is 24.3 Å². The van der Waals surface area contributed by atoms with Crippen molar-refractivity contribution in [2.75, 3.05) is 14.1 Å². The molecule has 0 amide bonds. The Bertz CT molecular complexity index is 211. The molecule has 59 valence electrons. The summed E-state index contributed by atoms with van der Waals surface area (Å²) in [5.74, 6) is 0. The SMILES string of the molecule is [CH2]c1ccc(CN(C)C)cc1. The van der Waals surface area contributed by atoms with Crippen molar-refractivity contribution >= 4 is 0 Å². The predicted octanol–water partition coefficient (Wildman–Crippen LogP) is 1.93. The van der Waals surface area contributed by atoms with Crippen LogP contribution in [0.4, 0.5) is 0 Å². The van der Waals surface area contributed by atoms with Crippen molar-refractivity contribution in [1.82, 2.24) is 4.90 Å². The highest BCUT2D eigenvalue weighted by Gasteiger charge is 1.92. The van der Waals surface area contributed by atoms with Crippen LogP contribution in [0, 0.1) is 6.92 Å². The summed E-state index contributed by atoms with van der Waals surface area (Å²) in [6, 6.07) is 8.31. The van der Waals surface area contributed by atoms with E-state index in [1.54, 1.807) is 0 Å². The lowest BCUT2D eigenvalue weighted by atomic mass is 10.1. The summed E-state index contributed by atoms with van der Waals surface area (Å²) >= 11 is 0. The molecule has 0 aliphatic rings. The Labute approximate surface area is 68.7 Å². The third-order valence-corrected chi connectivity index (χ3v) is 1.52. The Kier molecular flexibility index (Phi) is 2.66. The highest BCUT2D eigenvalue weighted by Crippen LogP contribution is 2.04. The zero-order valence-corrected chi connectivity index (χ0v) is 7.17. The molecule has 0 spiro atoms. The molecule has 1 aromatic carbocycles. The van der Waals surface area contributed by atoms with Gasteiger partial charge in [0.2, 0.25) is 0 Å². The molecule has 11 heavy (non-hydrogen) atoms. The topological polar surface area (TPSA) is 3.24 Å². The van der Waals surface area contributed by atoms with E-state index in [0.717, 1.165) is 12.1 Å². The number of hydrogen-bond acceptors (Lipinski definition) is 1. The third-order valence-electron chi connectivity index (χ3n) is 1.52. The van der Waals surface area contributed by atoms with Gasteiger partial charge in [-0.3, -0.25) is 0 Å². The van der Waals surface area contributed by atoms with E-state index in [1.165, 1.54) is 5.56 Å². The Morgan fingerprint density at radius 3 is 2.18 bits per heavy atom. The van der Waals surface area contributed by atoms with E-state index in [0.29, 0.717) is 0 Å². The van der Waals surface area contributed by atoms with E-state index < -0.39 is 0 Å². The highest BCUT2D eigenvalue weighted by molar-refractivity contribution is 5.23. The average Bonchev–Trinajstić information content (AvgIpc) is 1.93. The van der Waals surface area contributed by atoms with Gasteiger partial charge in [0.15, 0.2) is 0 Å². The average molecular weight is 148 g/mol. The van der Waals surface area contributed by atoms with E-state index in [2.05, 4.69) is 38.1 Å². The Morgan fingerprint density at radius 2 is 1.73 bits per heavy atom. The molecule has 0 aliphatic carbocycles.